The van der Waals surface area contributed by atoms with Gasteiger partial charge in [0.2, 0.25) is 5.91 Å². The van der Waals surface area contributed by atoms with Crippen molar-refractivity contribution in [3.05, 3.63) is 71.3 Å². The van der Waals surface area contributed by atoms with E-state index in [1.54, 1.807) is 6.92 Å². The first-order valence-electron chi connectivity index (χ1n) is 7.40. The van der Waals surface area contributed by atoms with Gasteiger partial charge in [0.15, 0.2) is 0 Å². The second-order valence-electron chi connectivity index (χ2n) is 5.42. The molecule has 1 amide bonds. The zero-order valence-electron chi connectivity index (χ0n) is 13.1. The molecule has 4 nitrogen and oxygen atoms in total. The molecule has 0 aliphatic carbocycles. The molecule has 0 fully saturated rings. The number of hydrogen-bond acceptors (Lipinski definition) is 3. The van der Waals surface area contributed by atoms with Gasteiger partial charge in [-0.05, 0) is 23.6 Å². The molecule has 0 bridgehead atoms. The van der Waals surface area contributed by atoms with Crippen molar-refractivity contribution < 1.29 is 9.90 Å². The van der Waals surface area contributed by atoms with Gasteiger partial charge in [0.05, 0.1) is 6.10 Å². The van der Waals surface area contributed by atoms with E-state index in [9.17, 15) is 9.90 Å². The molecule has 0 aliphatic rings. The molecule has 5 heteroatoms. The number of aliphatic hydroxyl groups is 1. The fourth-order valence-corrected chi connectivity index (χ4v) is 2.20. The fraction of sp³-hybridized carbons (Fsp3) is 0.278. The van der Waals surface area contributed by atoms with Crippen molar-refractivity contribution in [3.63, 3.8) is 0 Å². The lowest BCUT2D eigenvalue weighted by Crippen LogP contribution is -2.27. The van der Waals surface area contributed by atoms with Crippen LogP contribution in [0.3, 0.4) is 0 Å². The second kappa shape index (κ2) is 9.30. The molecule has 0 heterocycles. The van der Waals surface area contributed by atoms with Gasteiger partial charge in [-0.1, -0.05) is 54.6 Å². The molecular formula is C18H23ClN2O2. The Labute approximate surface area is 143 Å². The van der Waals surface area contributed by atoms with Crippen LogP contribution in [0, 0.1) is 0 Å². The molecule has 0 spiro atoms. The van der Waals surface area contributed by atoms with Crippen LogP contribution in [0.2, 0.25) is 0 Å². The molecule has 2 atom stereocenters. The molecule has 0 saturated carbocycles. The number of nitrogens with one attached hydrogen (secondary N) is 1. The highest BCUT2D eigenvalue weighted by atomic mass is 35.5. The Kier molecular flexibility index (Phi) is 7.75. The number of benzene rings is 2. The number of amides is 1. The quantitative estimate of drug-likeness (QED) is 0.760. The number of carbonyl (C=O) groups excluding carboxylic acids is 1. The lowest BCUT2D eigenvalue weighted by molar-refractivity contribution is -0.121. The van der Waals surface area contributed by atoms with Crippen molar-refractivity contribution in [1.82, 2.24) is 5.32 Å². The van der Waals surface area contributed by atoms with Crippen LogP contribution in [0.1, 0.15) is 42.2 Å². The Hall–Kier alpha value is -1.88. The highest BCUT2D eigenvalue weighted by Gasteiger charge is 2.11. The van der Waals surface area contributed by atoms with Crippen LogP contribution < -0.4 is 11.1 Å². The maximum Gasteiger partial charge on any atom is 0.222 e. The largest absolute Gasteiger partial charge is 0.389 e. The van der Waals surface area contributed by atoms with Crippen molar-refractivity contribution in [2.75, 3.05) is 0 Å². The van der Waals surface area contributed by atoms with Crippen molar-refractivity contribution in [2.24, 2.45) is 5.73 Å². The van der Waals surface area contributed by atoms with Gasteiger partial charge in [0.25, 0.3) is 0 Å². The molecule has 2 aromatic carbocycles. The normalized spacial score (nSPS) is 12.8. The monoisotopic (exact) mass is 334 g/mol. The third kappa shape index (κ3) is 6.02. The average molecular weight is 335 g/mol. The predicted molar refractivity (Wildman–Crippen MR) is 94.2 cm³/mol. The molecule has 2 rings (SSSR count). The Bertz CT molecular complexity index is 600. The first kappa shape index (κ1) is 19.2. The maximum atomic E-state index is 11.9. The SMILES string of the molecule is CC(O)c1ccc(CNC(=O)CC(N)c2ccccc2)cc1.Cl. The third-order valence-electron chi connectivity index (χ3n) is 3.58. The average Bonchev–Trinajstić information content (AvgIpc) is 2.54. The maximum absolute atomic E-state index is 11.9. The number of halogens is 1. The summed E-state index contributed by atoms with van der Waals surface area (Å²) in [4.78, 5) is 11.9. The van der Waals surface area contributed by atoms with Crippen molar-refractivity contribution in [3.8, 4) is 0 Å². The summed E-state index contributed by atoms with van der Waals surface area (Å²) in [5.74, 6) is -0.0732. The number of aliphatic hydroxyl groups excluding tert-OH is 1. The molecule has 0 radical (unpaired) electrons. The Morgan fingerprint density at radius 2 is 1.70 bits per heavy atom. The van der Waals surface area contributed by atoms with E-state index in [1.165, 1.54) is 0 Å². The van der Waals surface area contributed by atoms with E-state index in [-0.39, 0.29) is 30.8 Å². The second-order valence-corrected chi connectivity index (χ2v) is 5.42. The summed E-state index contributed by atoms with van der Waals surface area (Å²) in [5, 5.41) is 12.3. The highest BCUT2D eigenvalue weighted by Crippen LogP contribution is 2.14. The first-order chi connectivity index (χ1) is 10.6. The smallest absolute Gasteiger partial charge is 0.222 e. The number of hydrogen-bond donors (Lipinski definition) is 3. The van der Waals surface area contributed by atoms with Gasteiger partial charge in [-0.2, -0.15) is 0 Å². The van der Waals surface area contributed by atoms with Crippen LogP contribution in [0.5, 0.6) is 0 Å². The van der Waals surface area contributed by atoms with E-state index < -0.39 is 6.10 Å². The predicted octanol–water partition coefficient (Wildman–Crippen LogP) is 2.87. The van der Waals surface area contributed by atoms with Gasteiger partial charge in [0, 0.05) is 19.0 Å². The van der Waals surface area contributed by atoms with Gasteiger partial charge < -0.3 is 16.2 Å². The number of nitrogens with two attached hydrogens (primary N) is 1. The first-order valence-corrected chi connectivity index (χ1v) is 7.40. The summed E-state index contributed by atoms with van der Waals surface area (Å²) in [6.45, 7) is 2.18. The van der Waals surface area contributed by atoms with Crippen LogP contribution in [-0.2, 0) is 11.3 Å². The fourth-order valence-electron chi connectivity index (χ4n) is 2.20. The minimum absolute atomic E-state index is 0. The molecule has 0 aliphatic heterocycles. The van der Waals surface area contributed by atoms with Gasteiger partial charge in [-0.3, -0.25) is 4.79 Å². The van der Waals surface area contributed by atoms with E-state index in [0.717, 1.165) is 16.7 Å². The van der Waals surface area contributed by atoms with Crippen molar-refractivity contribution >= 4 is 18.3 Å². The molecule has 0 saturated heterocycles. The summed E-state index contributed by atoms with van der Waals surface area (Å²) in [5.41, 5.74) is 8.84. The Morgan fingerprint density at radius 3 is 2.26 bits per heavy atom. The van der Waals surface area contributed by atoms with Crippen LogP contribution in [0.4, 0.5) is 0 Å². The minimum Gasteiger partial charge on any atom is -0.389 e. The zero-order valence-corrected chi connectivity index (χ0v) is 13.9. The van der Waals surface area contributed by atoms with E-state index in [2.05, 4.69) is 5.32 Å². The molecule has 4 N–H and O–H groups in total. The molecular weight excluding hydrogens is 312 g/mol. The standard InChI is InChI=1S/C18H22N2O2.ClH/c1-13(21)15-9-7-14(8-10-15)12-20-18(22)11-17(19)16-5-3-2-4-6-16;/h2-10,13,17,21H,11-12,19H2,1H3,(H,20,22);1H. The minimum atomic E-state index is -0.479. The Balaban J connectivity index is 0.00000264. The van der Waals surface area contributed by atoms with E-state index in [4.69, 9.17) is 5.73 Å². The van der Waals surface area contributed by atoms with Crippen LogP contribution in [0.15, 0.2) is 54.6 Å². The van der Waals surface area contributed by atoms with Gasteiger partial charge in [-0.25, -0.2) is 0 Å². The number of rotatable bonds is 6. The zero-order chi connectivity index (χ0) is 15.9. The Morgan fingerprint density at radius 1 is 1.09 bits per heavy atom. The summed E-state index contributed by atoms with van der Waals surface area (Å²) >= 11 is 0. The van der Waals surface area contributed by atoms with E-state index >= 15 is 0 Å². The van der Waals surface area contributed by atoms with Crippen molar-refractivity contribution in [1.29, 1.82) is 0 Å². The molecule has 23 heavy (non-hydrogen) atoms. The molecule has 124 valence electrons. The number of carbonyl (C=O) groups is 1. The lowest BCUT2D eigenvalue weighted by atomic mass is 10.0. The topological polar surface area (TPSA) is 75.3 Å². The summed E-state index contributed by atoms with van der Waals surface area (Å²) < 4.78 is 0. The van der Waals surface area contributed by atoms with E-state index in [1.807, 2.05) is 54.6 Å². The summed E-state index contributed by atoms with van der Waals surface area (Å²) in [6.07, 6.45) is -0.219. The van der Waals surface area contributed by atoms with Gasteiger partial charge in [-0.15, -0.1) is 12.4 Å². The van der Waals surface area contributed by atoms with Gasteiger partial charge in [0.1, 0.15) is 0 Å². The van der Waals surface area contributed by atoms with Crippen LogP contribution >= 0.6 is 12.4 Å². The summed E-state index contributed by atoms with van der Waals surface area (Å²) in [7, 11) is 0. The molecule has 2 aromatic rings. The lowest BCUT2D eigenvalue weighted by Gasteiger charge is -2.12. The molecule has 0 aromatic heterocycles. The highest BCUT2D eigenvalue weighted by molar-refractivity contribution is 5.85. The van der Waals surface area contributed by atoms with Crippen LogP contribution in [0.25, 0.3) is 0 Å². The van der Waals surface area contributed by atoms with Crippen molar-refractivity contribution in [2.45, 2.75) is 32.0 Å². The molecule has 2 unspecified atom stereocenters. The third-order valence-corrected chi connectivity index (χ3v) is 3.58. The summed E-state index contributed by atoms with van der Waals surface area (Å²) in [6, 6.07) is 16.8. The van der Waals surface area contributed by atoms with Gasteiger partial charge >= 0.3 is 0 Å². The van der Waals surface area contributed by atoms with E-state index in [0.29, 0.717) is 6.54 Å². The van der Waals surface area contributed by atoms with Crippen LogP contribution in [-0.4, -0.2) is 11.0 Å².